The second kappa shape index (κ2) is 5.87. The number of fused-ring (bicyclic) bond motifs is 2. The van der Waals surface area contributed by atoms with Crippen LogP contribution in [-0.2, 0) is 11.2 Å². The number of ether oxygens (including phenoxy) is 1. The van der Waals surface area contributed by atoms with Crippen molar-refractivity contribution in [3.05, 3.63) is 48.0 Å². The van der Waals surface area contributed by atoms with Crippen molar-refractivity contribution in [1.82, 2.24) is 0 Å². The van der Waals surface area contributed by atoms with Crippen LogP contribution in [0, 0.1) is 0 Å². The molecule has 0 saturated heterocycles. The monoisotopic (exact) mass is 283 g/mol. The summed E-state index contributed by atoms with van der Waals surface area (Å²) in [5, 5.41) is 12.1. The van der Waals surface area contributed by atoms with Crippen molar-refractivity contribution in [2.24, 2.45) is 0 Å². The van der Waals surface area contributed by atoms with E-state index in [-0.39, 0.29) is 6.42 Å². The number of para-hydroxylation sites is 3. The third-order valence-corrected chi connectivity index (χ3v) is 3.57. The Morgan fingerprint density at radius 2 is 1.86 bits per heavy atom. The van der Waals surface area contributed by atoms with Gasteiger partial charge < -0.3 is 15.2 Å². The van der Waals surface area contributed by atoms with E-state index in [9.17, 15) is 4.79 Å². The summed E-state index contributed by atoms with van der Waals surface area (Å²) in [4.78, 5) is 10.5. The van der Waals surface area contributed by atoms with Gasteiger partial charge >= 0.3 is 5.97 Å². The maximum absolute atomic E-state index is 10.5. The Morgan fingerprint density at radius 3 is 2.71 bits per heavy atom. The summed E-state index contributed by atoms with van der Waals surface area (Å²) in [5.74, 6) is 0.915. The fourth-order valence-electron chi connectivity index (χ4n) is 2.52. The van der Waals surface area contributed by atoms with Gasteiger partial charge in [-0.1, -0.05) is 24.3 Å². The zero-order valence-electron chi connectivity index (χ0n) is 11.6. The highest BCUT2D eigenvalue weighted by Gasteiger charge is 2.18. The maximum Gasteiger partial charge on any atom is 0.303 e. The van der Waals surface area contributed by atoms with Crippen molar-refractivity contribution >= 4 is 17.3 Å². The van der Waals surface area contributed by atoms with Crippen molar-refractivity contribution in [2.45, 2.75) is 25.7 Å². The highest BCUT2D eigenvalue weighted by molar-refractivity contribution is 5.77. The number of nitrogens with one attached hydrogen (secondary N) is 1. The van der Waals surface area contributed by atoms with E-state index in [0.29, 0.717) is 6.42 Å². The Labute approximate surface area is 123 Å². The molecule has 0 aromatic heterocycles. The van der Waals surface area contributed by atoms with Gasteiger partial charge in [0, 0.05) is 6.42 Å². The average Bonchev–Trinajstić information content (AvgIpc) is 2.49. The summed E-state index contributed by atoms with van der Waals surface area (Å²) in [6.45, 7) is 0. The van der Waals surface area contributed by atoms with Gasteiger partial charge in [-0.15, -0.1) is 0 Å². The van der Waals surface area contributed by atoms with Gasteiger partial charge in [0.1, 0.15) is 0 Å². The first-order valence-electron chi connectivity index (χ1n) is 7.11. The van der Waals surface area contributed by atoms with Crippen molar-refractivity contribution < 1.29 is 14.6 Å². The third kappa shape index (κ3) is 2.99. The number of unbranched alkanes of at least 4 members (excludes halogenated alkanes) is 1. The highest BCUT2D eigenvalue weighted by Crippen LogP contribution is 2.43. The summed E-state index contributed by atoms with van der Waals surface area (Å²) in [6, 6.07) is 13.8. The second-order valence-electron chi connectivity index (χ2n) is 5.11. The van der Waals surface area contributed by atoms with Crippen LogP contribution in [0.3, 0.4) is 0 Å². The number of benzene rings is 2. The molecule has 2 aromatic carbocycles. The molecule has 21 heavy (non-hydrogen) atoms. The molecular weight excluding hydrogens is 266 g/mol. The van der Waals surface area contributed by atoms with Crippen LogP contribution in [-0.4, -0.2) is 11.1 Å². The van der Waals surface area contributed by atoms with E-state index in [0.717, 1.165) is 41.3 Å². The Morgan fingerprint density at radius 1 is 1.05 bits per heavy atom. The first-order valence-corrected chi connectivity index (χ1v) is 7.11. The minimum absolute atomic E-state index is 0.224. The van der Waals surface area contributed by atoms with Crippen molar-refractivity contribution in [3.8, 4) is 11.5 Å². The van der Waals surface area contributed by atoms with Crippen LogP contribution in [0.1, 0.15) is 24.8 Å². The van der Waals surface area contributed by atoms with E-state index < -0.39 is 5.97 Å². The van der Waals surface area contributed by atoms with Crippen LogP contribution >= 0.6 is 0 Å². The molecule has 1 aliphatic rings. The zero-order valence-corrected chi connectivity index (χ0v) is 11.6. The quantitative estimate of drug-likeness (QED) is 0.684. The highest BCUT2D eigenvalue weighted by atomic mass is 16.5. The van der Waals surface area contributed by atoms with Crippen LogP contribution in [0.15, 0.2) is 42.5 Å². The number of carbonyl (C=O) groups is 1. The molecule has 0 radical (unpaired) electrons. The average molecular weight is 283 g/mol. The van der Waals surface area contributed by atoms with Crippen LogP contribution in [0.25, 0.3) is 0 Å². The standard InChI is InChI=1S/C17H17NO3/c19-16(20)11-4-1-6-12-7-5-10-15-17(12)18-13-8-2-3-9-14(13)21-15/h2-3,5,7-10,18H,1,4,6,11H2,(H,19,20). The van der Waals surface area contributed by atoms with Gasteiger partial charge in [-0.3, -0.25) is 4.79 Å². The Balaban J connectivity index is 1.75. The van der Waals surface area contributed by atoms with Crippen molar-refractivity contribution in [3.63, 3.8) is 0 Å². The molecule has 0 fully saturated rings. The van der Waals surface area contributed by atoms with Gasteiger partial charge in [-0.2, -0.15) is 0 Å². The van der Waals surface area contributed by atoms with Gasteiger partial charge in [-0.25, -0.2) is 0 Å². The van der Waals surface area contributed by atoms with Crippen LogP contribution in [0.5, 0.6) is 11.5 Å². The number of hydrogen-bond donors (Lipinski definition) is 2. The van der Waals surface area contributed by atoms with Gasteiger partial charge in [0.05, 0.1) is 11.4 Å². The Hall–Kier alpha value is -2.49. The SMILES string of the molecule is O=C(O)CCCCc1cccc2c1Nc1ccccc1O2. The third-order valence-electron chi connectivity index (χ3n) is 3.57. The number of aryl methyl sites for hydroxylation is 1. The molecule has 0 aliphatic carbocycles. The molecule has 1 heterocycles. The first-order chi connectivity index (χ1) is 10.2. The van der Waals surface area contributed by atoms with E-state index in [4.69, 9.17) is 9.84 Å². The number of hydrogen-bond acceptors (Lipinski definition) is 3. The predicted octanol–water partition coefficient (Wildman–Crippen LogP) is 4.33. The first kappa shape index (κ1) is 13.5. The molecule has 0 unspecified atom stereocenters. The van der Waals surface area contributed by atoms with Crippen molar-refractivity contribution in [2.75, 3.05) is 5.32 Å². The molecule has 0 atom stereocenters. The molecular formula is C17H17NO3. The summed E-state index contributed by atoms with van der Waals surface area (Å²) in [5.41, 5.74) is 3.11. The van der Waals surface area contributed by atoms with E-state index in [1.807, 2.05) is 36.4 Å². The molecule has 3 rings (SSSR count). The molecule has 4 heteroatoms. The minimum Gasteiger partial charge on any atom is -0.481 e. The molecule has 0 bridgehead atoms. The lowest BCUT2D eigenvalue weighted by Gasteiger charge is -2.23. The molecule has 0 amide bonds. The molecule has 108 valence electrons. The smallest absolute Gasteiger partial charge is 0.303 e. The number of anilines is 2. The molecule has 2 aromatic rings. The van der Waals surface area contributed by atoms with E-state index >= 15 is 0 Å². The van der Waals surface area contributed by atoms with Crippen LogP contribution in [0.2, 0.25) is 0 Å². The van der Waals surface area contributed by atoms with E-state index in [1.54, 1.807) is 0 Å². The van der Waals surface area contributed by atoms with Gasteiger partial charge in [0.15, 0.2) is 11.5 Å². The lowest BCUT2D eigenvalue weighted by atomic mass is 10.0. The summed E-state index contributed by atoms with van der Waals surface area (Å²) >= 11 is 0. The number of rotatable bonds is 5. The number of aliphatic carboxylic acids is 1. The van der Waals surface area contributed by atoms with Gasteiger partial charge in [-0.05, 0) is 43.0 Å². The van der Waals surface area contributed by atoms with Crippen molar-refractivity contribution in [1.29, 1.82) is 0 Å². The fourth-order valence-corrected chi connectivity index (χ4v) is 2.52. The summed E-state index contributed by atoms with van der Waals surface area (Å²) < 4.78 is 5.91. The maximum atomic E-state index is 10.5. The Kier molecular flexibility index (Phi) is 3.77. The topological polar surface area (TPSA) is 58.6 Å². The largest absolute Gasteiger partial charge is 0.481 e. The molecule has 0 saturated carbocycles. The van der Waals surface area contributed by atoms with E-state index in [1.165, 1.54) is 0 Å². The molecule has 1 aliphatic heterocycles. The lowest BCUT2D eigenvalue weighted by molar-refractivity contribution is -0.137. The van der Waals surface area contributed by atoms with Gasteiger partial charge in [0.2, 0.25) is 0 Å². The lowest BCUT2D eigenvalue weighted by Crippen LogP contribution is -2.05. The summed E-state index contributed by atoms with van der Waals surface area (Å²) in [7, 11) is 0. The number of carboxylic acid groups (broad SMARTS) is 1. The van der Waals surface area contributed by atoms with Crippen LogP contribution < -0.4 is 10.1 Å². The van der Waals surface area contributed by atoms with E-state index in [2.05, 4.69) is 11.4 Å². The fraction of sp³-hybridized carbons (Fsp3) is 0.235. The molecule has 4 nitrogen and oxygen atoms in total. The Bertz CT molecular complexity index is 667. The minimum atomic E-state index is -0.736. The predicted molar refractivity (Wildman–Crippen MR) is 81.4 cm³/mol. The van der Waals surface area contributed by atoms with Crippen LogP contribution in [0.4, 0.5) is 11.4 Å². The summed E-state index contributed by atoms with van der Waals surface area (Å²) in [6.07, 6.45) is 2.61. The second-order valence-corrected chi connectivity index (χ2v) is 5.11. The van der Waals surface area contributed by atoms with Gasteiger partial charge in [0.25, 0.3) is 0 Å². The molecule has 0 spiro atoms. The number of carboxylic acids is 1. The molecule has 2 N–H and O–H groups in total. The zero-order chi connectivity index (χ0) is 14.7. The normalized spacial score (nSPS) is 11.8.